The first-order valence-corrected chi connectivity index (χ1v) is 8.26. The highest BCUT2D eigenvalue weighted by Gasteiger charge is 2.29. The van der Waals surface area contributed by atoms with E-state index in [2.05, 4.69) is 0 Å². The third kappa shape index (κ3) is 3.31. The van der Waals surface area contributed by atoms with Crippen molar-refractivity contribution in [3.63, 3.8) is 0 Å². The molecule has 0 saturated heterocycles. The molecule has 0 aliphatic heterocycles. The molecule has 0 aromatic heterocycles. The topological polar surface area (TPSA) is 66.8 Å². The molecule has 5 nitrogen and oxygen atoms in total. The van der Waals surface area contributed by atoms with E-state index in [1.807, 2.05) is 6.92 Å². The molecule has 1 aromatic rings. The lowest BCUT2D eigenvalue weighted by Crippen LogP contribution is -2.29. The van der Waals surface area contributed by atoms with Gasteiger partial charge in [-0.1, -0.05) is 0 Å². The number of hydrogen-bond acceptors (Lipinski definition) is 4. The average Bonchev–Trinajstić information content (AvgIpc) is 3.23. The Labute approximate surface area is 120 Å². The summed E-state index contributed by atoms with van der Waals surface area (Å²) < 4.78 is 31.6. The van der Waals surface area contributed by atoms with Crippen molar-refractivity contribution in [3.05, 3.63) is 23.8 Å². The van der Waals surface area contributed by atoms with Gasteiger partial charge in [0.15, 0.2) is 0 Å². The number of nitrogens with zero attached hydrogens (tertiary/aromatic N) is 1. The fourth-order valence-corrected chi connectivity index (χ4v) is 3.38. The average molecular weight is 299 g/mol. The molecule has 1 aliphatic carbocycles. The lowest BCUT2D eigenvalue weighted by atomic mass is 10.2. The zero-order chi connectivity index (χ0) is 14.8. The van der Waals surface area contributed by atoms with Gasteiger partial charge < -0.3 is 9.84 Å². The quantitative estimate of drug-likeness (QED) is 0.830. The zero-order valence-electron chi connectivity index (χ0n) is 11.9. The Hall–Kier alpha value is -1.11. The van der Waals surface area contributed by atoms with E-state index >= 15 is 0 Å². The van der Waals surface area contributed by atoms with Gasteiger partial charge in [-0.2, -0.15) is 0 Å². The maximum atomic E-state index is 12.4. The second kappa shape index (κ2) is 6.11. The molecule has 0 heterocycles. The molecule has 1 N–H and O–H groups in total. The summed E-state index contributed by atoms with van der Waals surface area (Å²) >= 11 is 0. The van der Waals surface area contributed by atoms with Gasteiger partial charge in [-0.25, -0.2) is 12.7 Å². The van der Waals surface area contributed by atoms with E-state index in [0.29, 0.717) is 30.4 Å². The molecule has 112 valence electrons. The van der Waals surface area contributed by atoms with E-state index in [0.717, 1.165) is 12.8 Å². The standard InChI is InChI=1S/C14H21NO4S/c1-3-19-14-7-6-13(8-12(14)10-16)20(17,18)15(2)9-11-4-5-11/h6-8,11,16H,3-5,9-10H2,1-2H3. The first kappa shape index (κ1) is 15.3. The van der Waals surface area contributed by atoms with Gasteiger partial charge in [0.25, 0.3) is 0 Å². The number of rotatable bonds is 7. The van der Waals surface area contributed by atoms with Gasteiger partial charge in [-0.05, 0) is 43.9 Å². The van der Waals surface area contributed by atoms with Crippen molar-refractivity contribution in [2.45, 2.75) is 31.3 Å². The highest BCUT2D eigenvalue weighted by atomic mass is 32.2. The zero-order valence-corrected chi connectivity index (χ0v) is 12.7. The van der Waals surface area contributed by atoms with Crippen LogP contribution in [0.15, 0.2) is 23.1 Å². The number of benzene rings is 1. The van der Waals surface area contributed by atoms with E-state index in [1.165, 1.54) is 16.4 Å². The van der Waals surface area contributed by atoms with Gasteiger partial charge in [0.05, 0.1) is 18.1 Å². The van der Waals surface area contributed by atoms with Crippen LogP contribution in [0.25, 0.3) is 0 Å². The number of hydrogen-bond donors (Lipinski definition) is 1. The molecule has 0 amide bonds. The van der Waals surface area contributed by atoms with Gasteiger partial charge in [0, 0.05) is 19.2 Å². The van der Waals surface area contributed by atoms with Crippen LogP contribution >= 0.6 is 0 Å². The largest absolute Gasteiger partial charge is 0.494 e. The third-order valence-corrected chi connectivity index (χ3v) is 5.24. The van der Waals surface area contributed by atoms with Crippen LogP contribution in [0, 0.1) is 5.92 Å². The van der Waals surface area contributed by atoms with Crippen LogP contribution in [-0.2, 0) is 16.6 Å². The molecule has 2 rings (SSSR count). The van der Waals surface area contributed by atoms with Crippen LogP contribution in [0.1, 0.15) is 25.3 Å². The minimum absolute atomic E-state index is 0.202. The van der Waals surface area contributed by atoms with Crippen molar-refractivity contribution in [3.8, 4) is 5.75 Å². The van der Waals surface area contributed by atoms with Crippen molar-refractivity contribution in [1.82, 2.24) is 4.31 Å². The SMILES string of the molecule is CCOc1ccc(S(=O)(=O)N(C)CC2CC2)cc1CO. The Morgan fingerprint density at radius 3 is 2.65 bits per heavy atom. The van der Waals surface area contributed by atoms with E-state index in [9.17, 15) is 13.5 Å². The summed E-state index contributed by atoms with van der Waals surface area (Å²) in [5.74, 6) is 1.02. The van der Waals surface area contributed by atoms with E-state index < -0.39 is 10.0 Å². The minimum atomic E-state index is -3.49. The molecule has 1 aliphatic rings. The summed E-state index contributed by atoms with van der Waals surface area (Å²) in [6, 6.07) is 4.62. The van der Waals surface area contributed by atoms with E-state index in [4.69, 9.17) is 4.74 Å². The second-order valence-corrected chi connectivity index (χ2v) is 7.13. The van der Waals surface area contributed by atoms with Crippen LogP contribution in [0.4, 0.5) is 0 Å². The van der Waals surface area contributed by atoms with Gasteiger partial charge in [-0.15, -0.1) is 0 Å². The fourth-order valence-electron chi connectivity index (χ4n) is 2.08. The molecule has 0 radical (unpaired) electrons. The lowest BCUT2D eigenvalue weighted by molar-refractivity contribution is 0.266. The van der Waals surface area contributed by atoms with Crippen LogP contribution in [-0.4, -0.2) is 38.0 Å². The summed E-state index contributed by atoms with van der Waals surface area (Å²) in [6.45, 7) is 2.63. The van der Waals surface area contributed by atoms with Crippen LogP contribution in [0.5, 0.6) is 5.75 Å². The Morgan fingerprint density at radius 1 is 1.40 bits per heavy atom. The van der Waals surface area contributed by atoms with Crippen LogP contribution in [0.3, 0.4) is 0 Å². The molecule has 0 spiro atoms. The lowest BCUT2D eigenvalue weighted by Gasteiger charge is -2.18. The first-order valence-electron chi connectivity index (χ1n) is 6.82. The minimum Gasteiger partial charge on any atom is -0.494 e. The predicted molar refractivity (Wildman–Crippen MR) is 76.1 cm³/mol. The monoisotopic (exact) mass is 299 g/mol. The van der Waals surface area contributed by atoms with Crippen molar-refractivity contribution >= 4 is 10.0 Å². The molecule has 0 unspecified atom stereocenters. The number of aliphatic hydroxyl groups excluding tert-OH is 1. The molecule has 0 atom stereocenters. The summed E-state index contributed by atoms with van der Waals surface area (Å²) in [5.41, 5.74) is 0.493. The third-order valence-electron chi connectivity index (χ3n) is 3.42. The fraction of sp³-hybridized carbons (Fsp3) is 0.571. The second-order valence-electron chi connectivity index (χ2n) is 5.09. The highest BCUT2D eigenvalue weighted by Crippen LogP contribution is 2.31. The van der Waals surface area contributed by atoms with Crippen molar-refractivity contribution in [1.29, 1.82) is 0 Å². The molecule has 6 heteroatoms. The van der Waals surface area contributed by atoms with Gasteiger partial charge >= 0.3 is 0 Å². The van der Waals surface area contributed by atoms with Gasteiger partial charge in [0.2, 0.25) is 10.0 Å². The maximum absolute atomic E-state index is 12.4. The Bertz CT molecular complexity index is 567. The summed E-state index contributed by atoms with van der Waals surface area (Å²) in [6.07, 6.45) is 2.20. The molecule has 20 heavy (non-hydrogen) atoms. The normalized spacial score (nSPS) is 15.6. The molecule has 1 aromatic carbocycles. The number of aliphatic hydroxyl groups is 1. The van der Waals surface area contributed by atoms with Gasteiger partial charge in [0.1, 0.15) is 5.75 Å². The van der Waals surface area contributed by atoms with Gasteiger partial charge in [-0.3, -0.25) is 0 Å². The summed E-state index contributed by atoms with van der Waals surface area (Å²) in [4.78, 5) is 0.202. The van der Waals surface area contributed by atoms with E-state index in [1.54, 1.807) is 13.1 Å². The Kier molecular flexibility index (Phi) is 4.67. The molecular formula is C14H21NO4S. The number of sulfonamides is 1. The molecule has 0 bridgehead atoms. The van der Waals surface area contributed by atoms with Crippen molar-refractivity contribution in [2.24, 2.45) is 5.92 Å². The molecule has 1 saturated carbocycles. The maximum Gasteiger partial charge on any atom is 0.242 e. The predicted octanol–water partition coefficient (Wildman–Crippen LogP) is 1.61. The highest BCUT2D eigenvalue weighted by molar-refractivity contribution is 7.89. The van der Waals surface area contributed by atoms with Crippen molar-refractivity contribution in [2.75, 3.05) is 20.2 Å². The smallest absolute Gasteiger partial charge is 0.242 e. The van der Waals surface area contributed by atoms with Crippen molar-refractivity contribution < 1.29 is 18.3 Å². The summed E-state index contributed by atoms with van der Waals surface area (Å²) in [5, 5.41) is 9.34. The summed E-state index contributed by atoms with van der Waals surface area (Å²) in [7, 11) is -1.89. The van der Waals surface area contributed by atoms with E-state index in [-0.39, 0.29) is 11.5 Å². The molecular weight excluding hydrogens is 278 g/mol. The molecule has 1 fully saturated rings. The Balaban J connectivity index is 2.26. The van der Waals surface area contributed by atoms with Crippen LogP contribution in [0.2, 0.25) is 0 Å². The Morgan fingerprint density at radius 2 is 2.10 bits per heavy atom. The first-order chi connectivity index (χ1) is 9.48. The van der Waals surface area contributed by atoms with Crippen LogP contribution < -0.4 is 4.74 Å². The number of ether oxygens (including phenoxy) is 1.